The van der Waals surface area contributed by atoms with Gasteiger partial charge in [-0.3, -0.25) is 9.69 Å². The lowest BCUT2D eigenvalue weighted by Crippen LogP contribution is -2.49. The molecule has 116 valence electrons. The summed E-state index contributed by atoms with van der Waals surface area (Å²) in [5.74, 6) is -0.129. The molecule has 0 aliphatic carbocycles. The molecule has 1 aromatic carbocycles. The predicted molar refractivity (Wildman–Crippen MR) is 82.9 cm³/mol. The van der Waals surface area contributed by atoms with Crippen LogP contribution in [0.2, 0.25) is 0 Å². The number of hydrogen-bond donors (Lipinski definition) is 2. The fraction of sp³-hybridized carbons (Fsp3) is 0.562. The van der Waals surface area contributed by atoms with Crippen molar-refractivity contribution in [1.29, 1.82) is 0 Å². The minimum atomic E-state index is -0.986. The summed E-state index contributed by atoms with van der Waals surface area (Å²) in [5.41, 5.74) is 6.01. The number of ether oxygens (including phenoxy) is 1. The van der Waals surface area contributed by atoms with Crippen molar-refractivity contribution in [1.82, 2.24) is 10.2 Å². The van der Waals surface area contributed by atoms with Crippen LogP contribution in [0.3, 0.4) is 0 Å². The highest BCUT2D eigenvalue weighted by Crippen LogP contribution is 2.17. The van der Waals surface area contributed by atoms with E-state index in [-0.39, 0.29) is 5.91 Å². The van der Waals surface area contributed by atoms with Crippen molar-refractivity contribution in [3.05, 3.63) is 35.9 Å². The Bertz CT molecular complexity index is 442. The van der Waals surface area contributed by atoms with Gasteiger partial charge in [0, 0.05) is 19.6 Å². The van der Waals surface area contributed by atoms with Crippen molar-refractivity contribution in [3.8, 4) is 0 Å². The lowest BCUT2D eigenvalue weighted by Gasteiger charge is -2.27. The average Bonchev–Trinajstić information content (AvgIpc) is 2.53. The van der Waals surface area contributed by atoms with Crippen molar-refractivity contribution >= 4 is 5.91 Å². The third-order valence-electron chi connectivity index (χ3n) is 3.89. The molecule has 1 atom stereocenters. The van der Waals surface area contributed by atoms with Crippen LogP contribution in [0.15, 0.2) is 30.3 Å². The number of morpholine rings is 1. The first kappa shape index (κ1) is 15.9. The van der Waals surface area contributed by atoms with Gasteiger partial charge in [-0.15, -0.1) is 0 Å². The van der Waals surface area contributed by atoms with Crippen LogP contribution in [0.1, 0.15) is 18.9 Å². The monoisotopic (exact) mass is 291 g/mol. The van der Waals surface area contributed by atoms with E-state index >= 15 is 0 Å². The van der Waals surface area contributed by atoms with Crippen molar-refractivity contribution in [2.75, 3.05) is 39.4 Å². The number of benzene rings is 1. The Labute approximate surface area is 126 Å². The molecule has 5 heteroatoms. The van der Waals surface area contributed by atoms with Gasteiger partial charge >= 0.3 is 0 Å². The van der Waals surface area contributed by atoms with Crippen molar-refractivity contribution in [3.63, 3.8) is 0 Å². The van der Waals surface area contributed by atoms with Crippen LogP contribution in [0.4, 0.5) is 0 Å². The second-order valence-corrected chi connectivity index (χ2v) is 5.63. The van der Waals surface area contributed by atoms with Gasteiger partial charge in [-0.05, 0) is 25.5 Å². The highest BCUT2D eigenvalue weighted by molar-refractivity contribution is 5.86. The molecular formula is C16H25N3O2. The molecule has 1 aromatic rings. The fourth-order valence-electron chi connectivity index (χ4n) is 2.43. The molecule has 0 radical (unpaired) electrons. The van der Waals surface area contributed by atoms with Crippen molar-refractivity contribution < 1.29 is 9.53 Å². The first-order valence-corrected chi connectivity index (χ1v) is 7.53. The van der Waals surface area contributed by atoms with Gasteiger partial charge in [-0.2, -0.15) is 0 Å². The molecule has 3 N–H and O–H groups in total. The Morgan fingerprint density at radius 3 is 2.67 bits per heavy atom. The second-order valence-electron chi connectivity index (χ2n) is 5.63. The van der Waals surface area contributed by atoms with Crippen LogP contribution >= 0.6 is 0 Å². The van der Waals surface area contributed by atoms with E-state index in [0.717, 1.165) is 44.8 Å². The molecule has 0 saturated carbocycles. The largest absolute Gasteiger partial charge is 0.379 e. The standard InChI is InChI=1S/C16H25N3O2/c1-16(17,14-6-3-2-4-7-14)15(20)18-8-5-9-19-10-12-21-13-11-19/h2-4,6-7H,5,8-13,17H2,1H3,(H,18,20). The maximum Gasteiger partial charge on any atom is 0.244 e. The second kappa shape index (κ2) is 7.54. The summed E-state index contributed by atoms with van der Waals surface area (Å²) in [6.07, 6.45) is 0.927. The van der Waals surface area contributed by atoms with E-state index in [9.17, 15) is 4.79 Å². The number of rotatable bonds is 6. The van der Waals surface area contributed by atoms with Gasteiger partial charge in [0.15, 0.2) is 0 Å². The van der Waals surface area contributed by atoms with E-state index in [0.29, 0.717) is 6.54 Å². The molecule has 1 fully saturated rings. The number of hydrogen-bond acceptors (Lipinski definition) is 4. The van der Waals surface area contributed by atoms with E-state index in [1.54, 1.807) is 6.92 Å². The van der Waals surface area contributed by atoms with Crippen LogP contribution in [0, 0.1) is 0 Å². The lowest BCUT2D eigenvalue weighted by molar-refractivity contribution is -0.126. The summed E-state index contributed by atoms with van der Waals surface area (Å²) in [6.45, 7) is 6.95. The summed E-state index contributed by atoms with van der Waals surface area (Å²) < 4.78 is 5.31. The van der Waals surface area contributed by atoms with Crippen LogP contribution in [0.5, 0.6) is 0 Å². The average molecular weight is 291 g/mol. The summed E-state index contributed by atoms with van der Waals surface area (Å²) in [4.78, 5) is 14.6. The quantitative estimate of drug-likeness (QED) is 0.757. The molecule has 1 heterocycles. The van der Waals surface area contributed by atoms with Crippen molar-refractivity contribution in [2.24, 2.45) is 5.73 Å². The van der Waals surface area contributed by atoms with Gasteiger partial charge in [0.05, 0.1) is 13.2 Å². The molecule has 1 aliphatic rings. The lowest BCUT2D eigenvalue weighted by atomic mass is 9.92. The molecule has 0 spiro atoms. The molecule has 0 aromatic heterocycles. The van der Waals surface area contributed by atoms with Gasteiger partial charge in [-0.25, -0.2) is 0 Å². The minimum absolute atomic E-state index is 0.129. The molecule has 2 rings (SSSR count). The molecule has 1 saturated heterocycles. The number of amides is 1. The maximum atomic E-state index is 12.2. The third-order valence-corrected chi connectivity index (χ3v) is 3.89. The zero-order valence-electron chi connectivity index (χ0n) is 12.7. The normalized spacial score (nSPS) is 19.0. The Balaban J connectivity index is 1.73. The Morgan fingerprint density at radius 1 is 1.33 bits per heavy atom. The first-order chi connectivity index (χ1) is 10.1. The van der Waals surface area contributed by atoms with Gasteiger partial charge in [-0.1, -0.05) is 30.3 Å². The van der Waals surface area contributed by atoms with Gasteiger partial charge in [0.2, 0.25) is 5.91 Å². The van der Waals surface area contributed by atoms with Crippen LogP contribution in [-0.2, 0) is 15.1 Å². The van der Waals surface area contributed by atoms with Crippen LogP contribution in [0.25, 0.3) is 0 Å². The number of carbonyl (C=O) groups is 1. The zero-order valence-corrected chi connectivity index (χ0v) is 12.7. The predicted octanol–water partition coefficient (Wildman–Crippen LogP) is 0.699. The molecule has 5 nitrogen and oxygen atoms in total. The molecule has 0 bridgehead atoms. The van der Waals surface area contributed by atoms with Crippen LogP contribution < -0.4 is 11.1 Å². The molecule has 1 amide bonds. The number of nitrogens with zero attached hydrogens (tertiary/aromatic N) is 1. The smallest absolute Gasteiger partial charge is 0.244 e. The van der Waals surface area contributed by atoms with E-state index in [2.05, 4.69) is 10.2 Å². The first-order valence-electron chi connectivity index (χ1n) is 7.53. The number of carbonyl (C=O) groups excluding carboxylic acids is 1. The summed E-state index contributed by atoms with van der Waals surface area (Å²) >= 11 is 0. The summed E-state index contributed by atoms with van der Waals surface area (Å²) in [6, 6.07) is 9.47. The summed E-state index contributed by atoms with van der Waals surface area (Å²) in [7, 11) is 0. The van der Waals surface area contributed by atoms with Crippen LogP contribution in [-0.4, -0.2) is 50.2 Å². The maximum absolute atomic E-state index is 12.2. The molecule has 21 heavy (non-hydrogen) atoms. The van der Waals surface area contributed by atoms with Gasteiger partial charge in [0.1, 0.15) is 5.54 Å². The van der Waals surface area contributed by atoms with Gasteiger partial charge in [0.25, 0.3) is 0 Å². The van der Waals surface area contributed by atoms with E-state index in [4.69, 9.17) is 10.5 Å². The highest BCUT2D eigenvalue weighted by atomic mass is 16.5. The molecule has 1 unspecified atom stereocenters. The van der Waals surface area contributed by atoms with E-state index in [1.807, 2.05) is 30.3 Å². The molecule has 1 aliphatic heterocycles. The van der Waals surface area contributed by atoms with E-state index in [1.165, 1.54) is 0 Å². The number of nitrogens with two attached hydrogens (primary N) is 1. The Morgan fingerprint density at radius 2 is 2.00 bits per heavy atom. The summed E-state index contributed by atoms with van der Waals surface area (Å²) in [5, 5.41) is 2.94. The zero-order chi connectivity index (χ0) is 15.1. The fourth-order valence-corrected chi connectivity index (χ4v) is 2.43. The third kappa shape index (κ3) is 4.52. The highest BCUT2D eigenvalue weighted by Gasteiger charge is 2.29. The van der Waals surface area contributed by atoms with Gasteiger partial charge < -0.3 is 15.8 Å². The van der Waals surface area contributed by atoms with E-state index < -0.39 is 5.54 Å². The molecular weight excluding hydrogens is 266 g/mol. The Kier molecular flexibility index (Phi) is 5.73. The Hall–Kier alpha value is -1.43. The minimum Gasteiger partial charge on any atom is -0.379 e. The van der Waals surface area contributed by atoms with Crippen molar-refractivity contribution in [2.45, 2.75) is 18.9 Å². The topological polar surface area (TPSA) is 67.6 Å². The SMILES string of the molecule is CC(N)(C(=O)NCCCN1CCOCC1)c1ccccc1. The number of nitrogens with one attached hydrogen (secondary N) is 1.